The molecule has 0 aliphatic carbocycles. The fourth-order valence-corrected chi connectivity index (χ4v) is 4.38. The van der Waals surface area contributed by atoms with Gasteiger partial charge in [0.1, 0.15) is 18.1 Å². The number of hydrogen-bond acceptors (Lipinski definition) is 7. The summed E-state index contributed by atoms with van der Waals surface area (Å²) in [5, 5.41) is 7.41. The molecule has 4 heterocycles. The predicted octanol–water partition coefficient (Wildman–Crippen LogP) is 2.12. The normalized spacial score (nSPS) is 18.3. The van der Waals surface area contributed by atoms with Gasteiger partial charge in [-0.2, -0.15) is 5.10 Å². The Morgan fingerprint density at radius 1 is 1.00 bits per heavy atom. The van der Waals surface area contributed by atoms with E-state index in [4.69, 9.17) is 9.15 Å². The van der Waals surface area contributed by atoms with Crippen LogP contribution in [0.2, 0.25) is 0 Å². The minimum absolute atomic E-state index is 0.0680. The van der Waals surface area contributed by atoms with E-state index in [9.17, 15) is 9.59 Å². The van der Waals surface area contributed by atoms with Crippen LogP contribution in [0.4, 0.5) is 11.5 Å². The molecule has 0 unspecified atom stereocenters. The molecule has 2 aliphatic rings. The molecule has 1 N–H and O–H groups in total. The summed E-state index contributed by atoms with van der Waals surface area (Å²) < 4.78 is 12.6. The van der Waals surface area contributed by atoms with Crippen molar-refractivity contribution >= 4 is 17.4 Å². The summed E-state index contributed by atoms with van der Waals surface area (Å²) >= 11 is 0. The number of furan rings is 1. The van der Waals surface area contributed by atoms with Crippen molar-refractivity contribution < 1.29 is 13.9 Å². The highest BCUT2D eigenvalue weighted by Crippen LogP contribution is 2.18. The van der Waals surface area contributed by atoms with Gasteiger partial charge in [0.05, 0.1) is 6.10 Å². The molecule has 5 rings (SSSR count). The Bertz CT molecular complexity index is 1160. The molecule has 0 spiro atoms. The van der Waals surface area contributed by atoms with Crippen molar-refractivity contribution in [2.45, 2.75) is 25.5 Å². The maximum Gasteiger partial charge on any atom is 0.287 e. The first kappa shape index (κ1) is 22.2. The van der Waals surface area contributed by atoms with Crippen LogP contribution in [0.3, 0.4) is 0 Å². The molecule has 9 heteroatoms. The van der Waals surface area contributed by atoms with E-state index >= 15 is 0 Å². The zero-order chi connectivity index (χ0) is 23.3. The zero-order valence-electron chi connectivity index (χ0n) is 19.1. The van der Waals surface area contributed by atoms with E-state index < -0.39 is 0 Å². The number of carbonyl (C=O) groups excluding carboxylic acids is 1. The lowest BCUT2D eigenvalue weighted by molar-refractivity contribution is 0.0833. The number of piperazine rings is 1. The van der Waals surface area contributed by atoms with E-state index in [1.54, 1.807) is 18.2 Å². The predicted molar refractivity (Wildman–Crippen MR) is 128 cm³/mol. The van der Waals surface area contributed by atoms with Crippen LogP contribution < -0.4 is 20.7 Å². The van der Waals surface area contributed by atoms with Crippen LogP contribution in [-0.4, -0.2) is 61.1 Å². The van der Waals surface area contributed by atoms with Crippen LogP contribution >= 0.6 is 0 Å². The van der Waals surface area contributed by atoms with Gasteiger partial charge in [-0.3, -0.25) is 9.59 Å². The first-order valence-electron chi connectivity index (χ1n) is 11.8. The third-order valence-electron chi connectivity index (χ3n) is 6.28. The Labute approximate surface area is 197 Å². The fraction of sp³-hybridized carbons (Fsp3) is 0.400. The number of aromatic nitrogens is 2. The van der Waals surface area contributed by atoms with Gasteiger partial charge >= 0.3 is 0 Å². The highest BCUT2D eigenvalue weighted by molar-refractivity contribution is 5.91. The highest BCUT2D eigenvalue weighted by Gasteiger charge is 2.20. The fourth-order valence-electron chi connectivity index (χ4n) is 4.38. The summed E-state index contributed by atoms with van der Waals surface area (Å²) in [5.41, 5.74) is 1.00. The Morgan fingerprint density at radius 2 is 1.79 bits per heavy atom. The molecule has 1 amide bonds. The summed E-state index contributed by atoms with van der Waals surface area (Å²) in [5.74, 6) is 1.19. The van der Waals surface area contributed by atoms with Gasteiger partial charge in [0.2, 0.25) is 0 Å². The summed E-state index contributed by atoms with van der Waals surface area (Å²) in [6.45, 7) is 4.77. The quantitative estimate of drug-likeness (QED) is 0.574. The van der Waals surface area contributed by atoms with Gasteiger partial charge < -0.3 is 24.3 Å². The number of hydrogen-bond donors (Lipinski definition) is 1. The second-order valence-electron chi connectivity index (χ2n) is 8.61. The maximum atomic E-state index is 12.4. The van der Waals surface area contributed by atoms with Gasteiger partial charge in [-0.15, -0.1) is 0 Å². The largest absolute Gasteiger partial charge is 0.454 e. The van der Waals surface area contributed by atoms with Crippen molar-refractivity contribution in [2.75, 3.05) is 49.1 Å². The van der Waals surface area contributed by atoms with Crippen LogP contribution in [0.15, 0.2) is 63.8 Å². The number of amides is 1. The zero-order valence-corrected chi connectivity index (χ0v) is 19.1. The molecule has 2 aromatic heterocycles. The van der Waals surface area contributed by atoms with Gasteiger partial charge in [-0.25, -0.2) is 4.68 Å². The molecule has 2 saturated heterocycles. The molecule has 0 radical (unpaired) electrons. The molecule has 34 heavy (non-hydrogen) atoms. The van der Waals surface area contributed by atoms with Crippen LogP contribution in [0.1, 0.15) is 29.2 Å². The summed E-state index contributed by atoms with van der Waals surface area (Å²) in [7, 11) is 0. The average Bonchev–Trinajstić information content (AvgIpc) is 3.57. The number of nitrogens with one attached hydrogen (secondary N) is 1. The molecular weight excluding hydrogens is 434 g/mol. The van der Waals surface area contributed by atoms with Gasteiger partial charge in [0.25, 0.3) is 11.5 Å². The molecule has 2 aliphatic heterocycles. The lowest BCUT2D eigenvalue weighted by Gasteiger charge is -2.36. The Balaban J connectivity index is 1.20. The van der Waals surface area contributed by atoms with Crippen LogP contribution in [-0.2, 0) is 11.3 Å². The molecule has 1 atom stereocenters. The number of carbonyl (C=O) groups is 1. The number of ether oxygens (including phenoxy) is 1. The van der Waals surface area contributed by atoms with Gasteiger partial charge in [-0.1, -0.05) is 18.2 Å². The lowest BCUT2D eigenvalue weighted by Crippen LogP contribution is -2.47. The van der Waals surface area contributed by atoms with Crippen LogP contribution in [0.5, 0.6) is 0 Å². The second-order valence-corrected chi connectivity index (χ2v) is 8.61. The smallest absolute Gasteiger partial charge is 0.287 e. The number of para-hydroxylation sites is 1. The standard InChI is InChI=1S/C25H29N5O4/c31-24-11-10-23(29-14-12-28(13-15-29)19-5-2-1-3-6-19)27-30(24)18-21-8-9-22(34-21)25(32)26-17-20-7-4-16-33-20/h1-3,5-6,8-11,20H,4,7,12-18H2,(H,26,32)/t20-/m1/s1. The number of anilines is 2. The third-order valence-corrected chi connectivity index (χ3v) is 6.28. The van der Waals surface area contributed by atoms with E-state index in [-0.39, 0.29) is 29.9 Å². The van der Waals surface area contributed by atoms with Gasteiger partial charge in [0.15, 0.2) is 5.76 Å². The molecular formula is C25H29N5O4. The SMILES string of the molecule is O=C(NC[C@H]1CCCO1)c1ccc(Cn2nc(N3CCN(c4ccccc4)CC3)ccc2=O)o1. The molecule has 178 valence electrons. The molecule has 1 aromatic carbocycles. The summed E-state index contributed by atoms with van der Waals surface area (Å²) in [6.07, 6.45) is 2.05. The van der Waals surface area contributed by atoms with E-state index in [0.29, 0.717) is 12.3 Å². The van der Waals surface area contributed by atoms with Gasteiger partial charge in [-0.05, 0) is 43.2 Å². The minimum Gasteiger partial charge on any atom is -0.454 e. The van der Waals surface area contributed by atoms with E-state index in [1.807, 2.05) is 18.2 Å². The van der Waals surface area contributed by atoms with Crippen LogP contribution in [0, 0.1) is 0 Å². The summed E-state index contributed by atoms with van der Waals surface area (Å²) in [4.78, 5) is 29.3. The van der Waals surface area contributed by atoms with Crippen molar-refractivity contribution in [3.63, 3.8) is 0 Å². The first-order valence-corrected chi connectivity index (χ1v) is 11.8. The second kappa shape index (κ2) is 10.1. The first-order chi connectivity index (χ1) is 16.7. The van der Waals surface area contributed by atoms with Crippen LogP contribution in [0.25, 0.3) is 0 Å². The number of rotatable bonds is 7. The van der Waals surface area contributed by atoms with Gasteiger partial charge in [0, 0.05) is 51.1 Å². The molecule has 9 nitrogen and oxygen atoms in total. The van der Waals surface area contributed by atoms with Crippen molar-refractivity contribution in [1.82, 2.24) is 15.1 Å². The molecule has 3 aromatic rings. The third kappa shape index (κ3) is 5.14. The molecule has 2 fully saturated rings. The highest BCUT2D eigenvalue weighted by atomic mass is 16.5. The topological polar surface area (TPSA) is 92.8 Å². The average molecular weight is 464 g/mol. The number of benzene rings is 1. The van der Waals surface area contributed by atoms with E-state index in [2.05, 4.69) is 32.3 Å². The maximum absolute atomic E-state index is 12.4. The summed E-state index contributed by atoms with van der Waals surface area (Å²) in [6, 6.07) is 17.0. The minimum atomic E-state index is -0.285. The Hall–Kier alpha value is -3.59. The van der Waals surface area contributed by atoms with Crippen molar-refractivity contribution in [2.24, 2.45) is 0 Å². The molecule has 0 saturated carbocycles. The van der Waals surface area contributed by atoms with E-state index in [1.165, 1.54) is 16.4 Å². The monoisotopic (exact) mass is 463 g/mol. The van der Waals surface area contributed by atoms with Crippen molar-refractivity contribution in [3.8, 4) is 0 Å². The molecule has 0 bridgehead atoms. The Morgan fingerprint density at radius 3 is 2.56 bits per heavy atom. The lowest BCUT2D eigenvalue weighted by atomic mass is 10.2. The van der Waals surface area contributed by atoms with Crippen molar-refractivity contribution in [3.05, 3.63) is 76.5 Å². The Kier molecular flexibility index (Phi) is 6.62. The number of nitrogens with zero attached hydrogens (tertiary/aromatic N) is 4. The van der Waals surface area contributed by atoms with Crippen molar-refractivity contribution in [1.29, 1.82) is 0 Å². The van der Waals surface area contributed by atoms with E-state index in [0.717, 1.165) is 51.4 Å².